The molecular weight excluding hydrogens is 322 g/mol. The van der Waals surface area contributed by atoms with Crippen molar-refractivity contribution in [3.05, 3.63) is 52.0 Å². The molecule has 2 heterocycles. The average Bonchev–Trinajstić information content (AvgIpc) is 2.91. The van der Waals surface area contributed by atoms with Crippen LogP contribution in [-0.2, 0) is 13.1 Å². The monoisotopic (exact) mass is 333 g/mol. The molecule has 0 spiro atoms. The van der Waals surface area contributed by atoms with Gasteiger partial charge in [-0.2, -0.15) is 0 Å². The van der Waals surface area contributed by atoms with Crippen LogP contribution in [0.2, 0.25) is 0 Å². The van der Waals surface area contributed by atoms with E-state index in [4.69, 9.17) is 4.74 Å². The Bertz CT molecular complexity index is 650. The Labute approximate surface area is 124 Å². The fraction of sp³-hybridized carbons (Fsp3) is 0.214. The van der Waals surface area contributed by atoms with Crippen molar-refractivity contribution >= 4 is 21.8 Å². The number of carbonyl (C=O) groups is 1. The van der Waals surface area contributed by atoms with Gasteiger partial charge in [0, 0.05) is 22.8 Å². The summed E-state index contributed by atoms with van der Waals surface area (Å²) in [5.41, 5.74) is 2.50. The van der Waals surface area contributed by atoms with Crippen LogP contribution >= 0.6 is 15.9 Å². The van der Waals surface area contributed by atoms with Crippen LogP contribution in [0.4, 0.5) is 0 Å². The first-order chi connectivity index (χ1) is 9.69. The van der Waals surface area contributed by atoms with Gasteiger partial charge < -0.3 is 9.64 Å². The molecule has 0 atom stereocenters. The molecule has 1 aliphatic rings. The molecule has 20 heavy (non-hydrogen) atoms. The number of methoxy groups -OCH3 is 1. The van der Waals surface area contributed by atoms with Gasteiger partial charge in [0.15, 0.2) is 0 Å². The molecule has 5 nitrogen and oxygen atoms in total. The Kier molecular flexibility index (Phi) is 3.40. The van der Waals surface area contributed by atoms with Crippen LogP contribution in [0.1, 0.15) is 21.6 Å². The Hall–Kier alpha value is -1.95. The minimum absolute atomic E-state index is 0.0474. The first-order valence-corrected chi connectivity index (χ1v) is 6.89. The highest BCUT2D eigenvalue weighted by Crippen LogP contribution is 2.27. The van der Waals surface area contributed by atoms with E-state index in [0.717, 1.165) is 15.7 Å². The van der Waals surface area contributed by atoms with Crippen molar-refractivity contribution in [2.24, 2.45) is 0 Å². The van der Waals surface area contributed by atoms with Crippen LogP contribution in [0.15, 0.2) is 35.2 Å². The van der Waals surface area contributed by atoms with Crippen LogP contribution in [0, 0.1) is 0 Å². The van der Waals surface area contributed by atoms with E-state index in [1.54, 1.807) is 24.3 Å². The summed E-state index contributed by atoms with van der Waals surface area (Å²) in [6.07, 6.45) is 3.27. The fourth-order valence-electron chi connectivity index (χ4n) is 2.21. The van der Waals surface area contributed by atoms with E-state index in [2.05, 4.69) is 25.9 Å². The van der Waals surface area contributed by atoms with Crippen molar-refractivity contribution in [3.63, 3.8) is 0 Å². The second-order valence-electron chi connectivity index (χ2n) is 4.50. The number of carbonyl (C=O) groups excluding carboxylic acids is 1. The normalized spacial score (nSPS) is 13.2. The van der Waals surface area contributed by atoms with E-state index in [9.17, 15) is 4.79 Å². The molecule has 1 amide bonds. The number of nitrogens with zero attached hydrogens (tertiary/aromatic N) is 3. The van der Waals surface area contributed by atoms with E-state index < -0.39 is 0 Å². The molecular formula is C14H12BrN3O2. The quantitative estimate of drug-likeness (QED) is 0.846. The predicted molar refractivity (Wildman–Crippen MR) is 76.3 cm³/mol. The SMILES string of the molecule is COc1ccc(Br)c(C(=O)N2Cc3cncnc3C2)c1. The molecule has 0 N–H and O–H groups in total. The third kappa shape index (κ3) is 2.27. The molecule has 0 bridgehead atoms. The van der Waals surface area contributed by atoms with E-state index in [1.807, 2.05) is 12.1 Å². The number of ether oxygens (including phenoxy) is 1. The molecule has 102 valence electrons. The molecule has 0 saturated heterocycles. The highest BCUT2D eigenvalue weighted by Gasteiger charge is 2.26. The molecule has 0 aliphatic carbocycles. The van der Waals surface area contributed by atoms with Crippen molar-refractivity contribution in [2.45, 2.75) is 13.1 Å². The first kappa shape index (κ1) is 13.1. The molecule has 3 rings (SSSR count). The minimum atomic E-state index is -0.0474. The topological polar surface area (TPSA) is 55.3 Å². The van der Waals surface area contributed by atoms with Crippen molar-refractivity contribution in [2.75, 3.05) is 7.11 Å². The standard InChI is InChI=1S/C14H12BrN3O2/c1-20-10-2-3-12(15)11(4-10)14(19)18-6-9-5-16-8-17-13(9)7-18/h2-5,8H,6-7H2,1H3. The van der Waals surface area contributed by atoms with Crippen molar-refractivity contribution < 1.29 is 9.53 Å². The summed E-state index contributed by atoms with van der Waals surface area (Å²) in [4.78, 5) is 22.5. The fourth-order valence-corrected chi connectivity index (χ4v) is 2.63. The first-order valence-electron chi connectivity index (χ1n) is 6.09. The van der Waals surface area contributed by atoms with Crippen molar-refractivity contribution in [1.82, 2.24) is 14.9 Å². The van der Waals surface area contributed by atoms with Gasteiger partial charge in [-0.3, -0.25) is 4.79 Å². The number of hydrogen-bond donors (Lipinski definition) is 0. The van der Waals surface area contributed by atoms with Gasteiger partial charge in [-0.25, -0.2) is 9.97 Å². The van der Waals surface area contributed by atoms with Crippen molar-refractivity contribution in [3.8, 4) is 5.75 Å². The molecule has 1 aromatic carbocycles. The van der Waals surface area contributed by atoms with E-state index >= 15 is 0 Å². The van der Waals surface area contributed by atoms with Gasteiger partial charge in [-0.1, -0.05) is 0 Å². The Morgan fingerprint density at radius 1 is 1.40 bits per heavy atom. The zero-order valence-corrected chi connectivity index (χ0v) is 12.4. The smallest absolute Gasteiger partial charge is 0.255 e. The van der Waals surface area contributed by atoms with Crippen LogP contribution in [0.25, 0.3) is 0 Å². The average molecular weight is 334 g/mol. The zero-order valence-electron chi connectivity index (χ0n) is 10.8. The molecule has 6 heteroatoms. The van der Waals surface area contributed by atoms with Crippen LogP contribution in [0.3, 0.4) is 0 Å². The molecule has 2 aromatic rings. The summed E-state index contributed by atoms with van der Waals surface area (Å²) in [5, 5.41) is 0. The number of rotatable bonds is 2. The second-order valence-corrected chi connectivity index (χ2v) is 5.36. The molecule has 1 aliphatic heterocycles. The van der Waals surface area contributed by atoms with E-state index in [1.165, 1.54) is 6.33 Å². The lowest BCUT2D eigenvalue weighted by atomic mass is 10.2. The number of amides is 1. The summed E-state index contributed by atoms with van der Waals surface area (Å²) < 4.78 is 5.93. The Morgan fingerprint density at radius 2 is 2.25 bits per heavy atom. The number of halogens is 1. The lowest BCUT2D eigenvalue weighted by Crippen LogP contribution is -2.25. The molecule has 0 saturated carbocycles. The number of aromatic nitrogens is 2. The zero-order chi connectivity index (χ0) is 14.1. The summed E-state index contributed by atoms with van der Waals surface area (Å²) in [6, 6.07) is 5.36. The maximum Gasteiger partial charge on any atom is 0.255 e. The third-order valence-corrected chi connectivity index (χ3v) is 3.97. The van der Waals surface area contributed by atoms with Gasteiger partial charge in [-0.05, 0) is 34.1 Å². The summed E-state index contributed by atoms with van der Waals surface area (Å²) >= 11 is 3.41. The highest BCUT2D eigenvalue weighted by atomic mass is 79.9. The van der Waals surface area contributed by atoms with Gasteiger partial charge in [-0.15, -0.1) is 0 Å². The lowest BCUT2D eigenvalue weighted by molar-refractivity contribution is 0.0749. The third-order valence-electron chi connectivity index (χ3n) is 3.27. The predicted octanol–water partition coefficient (Wildman–Crippen LogP) is 2.40. The summed E-state index contributed by atoms with van der Waals surface area (Å²) in [7, 11) is 1.58. The van der Waals surface area contributed by atoms with Gasteiger partial charge in [0.25, 0.3) is 5.91 Å². The lowest BCUT2D eigenvalue weighted by Gasteiger charge is -2.16. The van der Waals surface area contributed by atoms with Gasteiger partial charge in [0.2, 0.25) is 0 Å². The van der Waals surface area contributed by atoms with Crippen molar-refractivity contribution in [1.29, 1.82) is 0 Å². The van der Waals surface area contributed by atoms with Gasteiger partial charge >= 0.3 is 0 Å². The Balaban J connectivity index is 1.88. The van der Waals surface area contributed by atoms with Crippen LogP contribution in [-0.4, -0.2) is 27.9 Å². The van der Waals surface area contributed by atoms with E-state index in [-0.39, 0.29) is 5.91 Å². The molecule has 0 fully saturated rings. The number of benzene rings is 1. The summed E-state index contributed by atoms with van der Waals surface area (Å²) in [5.74, 6) is 0.613. The van der Waals surface area contributed by atoms with Crippen LogP contribution in [0.5, 0.6) is 5.75 Å². The van der Waals surface area contributed by atoms with Gasteiger partial charge in [0.05, 0.1) is 24.9 Å². The molecule has 1 aromatic heterocycles. The molecule has 0 unspecified atom stereocenters. The number of hydrogen-bond acceptors (Lipinski definition) is 4. The maximum atomic E-state index is 12.6. The van der Waals surface area contributed by atoms with Crippen LogP contribution < -0.4 is 4.74 Å². The maximum absolute atomic E-state index is 12.6. The minimum Gasteiger partial charge on any atom is -0.497 e. The van der Waals surface area contributed by atoms with E-state index in [0.29, 0.717) is 24.4 Å². The Morgan fingerprint density at radius 3 is 3.00 bits per heavy atom. The highest BCUT2D eigenvalue weighted by molar-refractivity contribution is 9.10. The molecule has 0 radical (unpaired) electrons. The van der Waals surface area contributed by atoms with Gasteiger partial charge in [0.1, 0.15) is 12.1 Å². The summed E-state index contributed by atoms with van der Waals surface area (Å²) in [6.45, 7) is 1.05. The largest absolute Gasteiger partial charge is 0.497 e. The number of fused-ring (bicyclic) bond motifs is 1. The second kappa shape index (κ2) is 5.20.